The van der Waals surface area contributed by atoms with Crippen molar-refractivity contribution in [1.29, 1.82) is 0 Å². The van der Waals surface area contributed by atoms with Crippen molar-refractivity contribution in [2.75, 3.05) is 26.2 Å². The quantitative estimate of drug-likeness (QED) is 0.759. The lowest BCUT2D eigenvalue weighted by atomic mass is 10.1. The van der Waals surface area contributed by atoms with E-state index in [0.717, 1.165) is 12.1 Å². The number of aliphatic hydroxyl groups excluding tert-OH is 1. The summed E-state index contributed by atoms with van der Waals surface area (Å²) in [6.07, 6.45) is 0.665. The number of halogens is 1. The van der Waals surface area contributed by atoms with Crippen molar-refractivity contribution in [3.8, 4) is 0 Å². The van der Waals surface area contributed by atoms with Gasteiger partial charge in [-0.2, -0.15) is 0 Å². The van der Waals surface area contributed by atoms with E-state index in [2.05, 4.69) is 5.32 Å². The number of hydrogen-bond donors (Lipinski definition) is 2. The molecule has 5 heteroatoms. The number of nitrogens with one attached hydrogen (secondary N) is 1. The number of amides is 1. The van der Waals surface area contributed by atoms with Crippen LogP contribution >= 0.6 is 0 Å². The predicted molar refractivity (Wildman–Crippen MR) is 76.8 cm³/mol. The van der Waals surface area contributed by atoms with E-state index in [9.17, 15) is 9.18 Å². The highest BCUT2D eigenvalue weighted by molar-refractivity contribution is 5.78. The molecule has 0 bridgehead atoms. The Morgan fingerprint density at radius 1 is 1.45 bits per heavy atom. The summed E-state index contributed by atoms with van der Waals surface area (Å²) in [6.45, 7) is 6.00. The van der Waals surface area contributed by atoms with Crippen molar-refractivity contribution >= 4 is 5.91 Å². The first-order valence-electron chi connectivity index (χ1n) is 6.91. The van der Waals surface area contributed by atoms with Gasteiger partial charge in [0.15, 0.2) is 0 Å². The van der Waals surface area contributed by atoms with Gasteiger partial charge in [-0.05, 0) is 37.1 Å². The fourth-order valence-electron chi connectivity index (χ4n) is 1.92. The van der Waals surface area contributed by atoms with Gasteiger partial charge in [0.2, 0.25) is 5.91 Å². The maximum atomic E-state index is 13.1. The molecule has 0 saturated carbocycles. The van der Waals surface area contributed by atoms with Crippen LogP contribution in [0.25, 0.3) is 0 Å². The number of benzene rings is 1. The van der Waals surface area contributed by atoms with E-state index in [1.54, 1.807) is 19.1 Å². The first kappa shape index (κ1) is 16.6. The summed E-state index contributed by atoms with van der Waals surface area (Å²) in [5, 5.41) is 11.6. The Hall–Kier alpha value is -1.46. The highest BCUT2D eigenvalue weighted by Gasteiger charge is 2.08. The Bertz CT molecular complexity index is 438. The maximum Gasteiger partial charge on any atom is 0.234 e. The number of hydrogen-bond acceptors (Lipinski definition) is 3. The van der Waals surface area contributed by atoms with Crippen LogP contribution in [0.15, 0.2) is 18.2 Å². The smallest absolute Gasteiger partial charge is 0.234 e. The standard InChI is InChI=1S/C15H23FN2O2/c1-3-18(7-4-8-19)11-15(20)17-10-13-5-6-14(16)12(2)9-13/h5-6,9,19H,3-4,7-8,10-11H2,1-2H3,(H,17,20). The SMILES string of the molecule is CCN(CCCO)CC(=O)NCc1ccc(F)c(C)c1. The molecule has 0 saturated heterocycles. The third-order valence-electron chi connectivity index (χ3n) is 3.16. The third-order valence-corrected chi connectivity index (χ3v) is 3.16. The molecular formula is C15H23FN2O2. The minimum Gasteiger partial charge on any atom is -0.396 e. The number of aliphatic hydroxyl groups is 1. The molecule has 0 aliphatic rings. The van der Waals surface area contributed by atoms with Crippen LogP contribution in [0.5, 0.6) is 0 Å². The second kappa shape index (κ2) is 8.66. The number of likely N-dealkylation sites (N-methyl/N-ethyl adjacent to an activating group) is 1. The van der Waals surface area contributed by atoms with E-state index >= 15 is 0 Å². The molecule has 0 aromatic heterocycles. The van der Waals surface area contributed by atoms with Crippen LogP contribution in [0.4, 0.5) is 4.39 Å². The molecular weight excluding hydrogens is 259 g/mol. The molecule has 0 aliphatic heterocycles. The Morgan fingerprint density at radius 2 is 2.20 bits per heavy atom. The van der Waals surface area contributed by atoms with Crippen LogP contribution < -0.4 is 5.32 Å². The van der Waals surface area contributed by atoms with Crippen molar-refractivity contribution in [2.45, 2.75) is 26.8 Å². The number of carbonyl (C=O) groups excluding carboxylic acids is 1. The molecule has 1 aromatic carbocycles. The molecule has 0 atom stereocenters. The summed E-state index contributed by atoms with van der Waals surface area (Å²) in [5.74, 6) is -0.298. The van der Waals surface area contributed by atoms with Crippen LogP contribution in [-0.4, -0.2) is 42.2 Å². The van der Waals surface area contributed by atoms with Gasteiger partial charge in [0.05, 0.1) is 6.54 Å². The summed E-state index contributed by atoms with van der Waals surface area (Å²) in [7, 11) is 0. The van der Waals surface area contributed by atoms with Gasteiger partial charge in [0.1, 0.15) is 5.82 Å². The first-order chi connectivity index (χ1) is 9.56. The number of aryl methyl sites for hydroxylation is 1. The fraction of sp³-hybridized carbons (Fsp3) is 0.533. The first-order valence-corrected chi connectivity index (χ1v) is 6.91. The molecule has 0 fully saturated rings. The van der Waals surface area contributed by atoms with E-state index in [1.165, 1.54) is 6.07 Å². The lowest BCUT2D eigenvalue weighted by Crippen LogP contribution is -2.37. The number of nitrogens with zero attached hydrogens (tertiary/aromatic N) is 1. The second-order valence-electron chi connectivity index (χ2n) is 4.81. The molecule has 1 aromatic rings. The van der Waals surface area contributed by atoms with E-state index in [4.69, 9.17) is 5.11 Å². The van der Waals surface area contributed by atoms with Crippen LogP contribution in [0.3, 0.4) is 0 Å². The molecule has 20 heavy (non-hydrogen) atoms. The van der Waals surface area contributed by atoms with Gasteiger partial charge in [-0.15, -0.1) is 0 Å². The molecule has 0 spiro atoms. The summed E-state index contributed by atoms with van der Waals surface area (Å²) in [6, 6.07) is 4.82. The third kappa shape index (κ3) is 5.67. The van der Waals surface area contributed by atoms with Crippen molar-refractivity contribution in [1.82, 2.24) is 10.2 Å². The average molecular weight is 282 g/mol. The summed E-state index contributed by atoms with van der Waals surface area (Å²) >= 11 is 0. The van der Waals surface area contributed by atoms with Crippen LogP contribution in [0, 0.1) is 12.7 Å². The van der Waals surface area contributed by atoms with Crippen molar-refractivity contribution in [3.05, 3.63) is 35.1 Å². The van der Waals surface area contributed by atoms with Crippen LogP contribution in [0.1, 0.15) is 24.5 Å². The molecule has 1 rings (SSSR count). The van der Waals surface area contributed by atoms with Gasteiger partial charge in [-0.3, -0.25) is 9.69 Å². The Morgan fingerprint density at radius 3 is 2.80 bits per heavy atom. The predicted octanol–water partition coefficient (Wildman–Crippen LogP) is 1.45. The van der Waals surface area contributed by atoms with E-state index in [1.807, 2.05) is 11.8 Å². The summed E-state index contributed by atoms with van der Waals surface area (Å²) in [4.78, 5) is 13.8. The molecule has 1 amide bonds. The zero-order valence-corrected chi connectivity index (χ0v) is 12.2. The largest absolute Gasteiger partial charge is 0.396 e. The van der Waals surface area contributed by atoms with Crippen molar-refractivity contribution in [3.63, 3.8) is 0 Å². The fourth-order valence-corrected chi connectivity index (χ4v) is 1.92. The van der Waals surface area contributed by atoms with Gasteiger partial charge >= 0.3 is 0 Å². The molecule has 4 nitrogen and oxygen atoms in total. The van der Waals surface area contributed by atoms with Crippen LogP contribution in [0.2, 0.25) is 0 Å². The molecule has 0 aliphatic carbocycles. The van der Waals surface area contributed by atoms with Crippen molar-refractivity contribution in [2.24, 2.45) is 0 Å². The second-order valence-corrected chi connectivity index (χ2v) is 4.81. The zero-order chi connectivity index (χ0) is 15.0. The van der Waals surface area contributed by atoms with E-state index in [-0.39, 0.29) is 18.3 Å². The van der Waals surface area contributed by atoms with Gasteiger partial charge in [-0.1, -0.05) is 19.1 Å². The summed E-state index contributed by atoms with van der Waals surface area (Å²) < 4.78 is 13.1. The summed E-state index contributed by atoms with van der Waals surface area (Å²) in [5.41, 5.74) is 1.46. The van der Waals surface area contributed by atoms with Gasteiger partial charge in [0, 0.05) is 19.7 Å². The Labute approximate surface area is 119 Å². The molecule has 0 radical (unpaired) electrons. The normalized spacial score (nSPS) is 10.8. The monoisotopic (exact) mass is 282 g/mol. The Balaban J connectivity index is 2.40. The molecule has 0 unspecified atom stereocenters. The van der Waals surface area contributed by atoms with E-state index in [0.29, 0.717) is 31.6 Å². The van der Waals surface area contributed by atoms with Gasteiger partial charge < -0.3 is 10.4 Å². The number of rotatable bonds is 8. The molecule has 112 valence electrons. The van der Waals surface area contributed by atoms with E-state index < -0.39 is 0 Å². The molecule has 0 heterocycles. The highest BCUT2D eigenvalue weighted by atomic mass is 19.1. The van der Waals surface area contributed by atoms with Gasteiger partial charge in [0.25, 0.3) is 0 Å². The topological polar surface area (TPSA) is 52.6 Å². The lowest BCUT2D eigenvalue weighted by Gasteiger charge is -2.19. The van der Waals surface area contributed by atoms with Crippen LogP contribution in [-0.2, 0) is 11.3 Å². The highest BCUT2D eigenvalue weighted by Crippen LogP contribution is 2.08. The maximum absolute atomic E-state index is 13.1. The number of carbonyl (C=O) groups is 1. The van der Waals surface area contributed by atoms with Gasteiger partial charge in [-0.25, -0.2) is 4.39 Å². The zero-order valence-electron chi connectivity index (χ0n) is 12.2. The minimum absolute atomic E-state index is 0.0632. The average Bonchev–Trinajstić information content (AvgIpc) is 2.44. The lowest BCUT2D eigenvalue weighted by molar-refractivity contribution is -0.122. The Kier molecular flexibility index (Phi) is 7.18. The van der Waals surface area contributed by atoms with Crippen molar-refractivity contribution < 1.29 is 14.3 Å². The molecule has 2 N–H and O–H groups in total. The minimum atomic E-state index is -0.235.